The first-order valence-electron chi connectivity index (χ1n) is 8.55. The Morgan fingerprint density at radius 1 is 0.622 bits per heavy atom. The first kappa shape index (κ1) is 29.6. The van der Waals surface area contributed by atoms with Crippen LogP contribution in [0.5, 0.6) is 11.5 Å². The molecule has 1 aromatic heterocycles. The van der Waals surface area contributed by atoms with Gasteiger partial charge in [-0.1, -0.05) is 0 Å². The largest absolute Gasteiger partial charge is 0.460 e. The molecule has 0 aliphatic rings. The Hall–Kier alpha value is -3.61. The average Bonchev–Trinajstić information content (AvgIpc) is 2.72. The van der Waals surface area contributed by atoms with Crippen LogP contribution >= 0.6 is 0 Å². The minimum Gasteiger partial charge on any atom is -0.423 e. The fraction of sp³-hybridized carbons (Fsp3) is 0.353. The van der Waals surface area contributed by atoms with Crippen molar-refractivity contribution in [1.29, 1.82) is 0 Å². The summed E-state index contributed by atoms with van der Waals surface area (Å²) < 4.78 is 192. The van der Waals surface area contributed by atoms with E-state index in [-0.39, 0.29) is 12.1 Å². The van der Waals surface area contributed by atoms with Crippen LogP contribution in [-0.2, 0) is 9.59 Å². The van der Waals surface area contributed by atoms with E-state index < -0.39 is 76.1 Å². The Balaban J connectivity index is 2.61. The zero-order chi connectivity index (χ0) is 29.0. The summed E-state index contributed by atoms with van der Waals surface area (Å²) in [7, 11) is 0. The van der Waals surface area contributed by atoms with Crippen LogP contribution in [0.15, 0.2) is 33.5 Å². The lowest BCUT2D eigenvalue weighted by molar-refractivity contribution is -0.347. The summed E-state index contributed by atoms with van der Waals surface area (Å²) in [5.74, 6) is -39.3. The van der Waals surface area contributed by atoms with Crippen LogP contribution in [0.2, 0.25) is 0 Å². The monoisotopic (exact) mass is 570 g/mol. The van der Waals surface area contributed by atoms with E-state index in [1.54, 1.807) is 0 Å². The molecule has 0 radical (unpaired) electrons. The van der Waals surface area contributed by atoms with Gasteiger partial charge in [-0.25, -0.2) is 14.4 Å². The average molecular weight is 570 g/mol. The predicted octanol–water partition coefficient (Wildman–Crippen LogP) is 5.27. The van der Waals surface area contributed by atoms with Crippen LogP contribution in [-0.4, -0.2) is 48.0 Å². The molecule has 0 bridgehead atoms. The summed E-state index contributed by atoms with van der Waals surface area (Å²) in [5.41, 5.74) is -2.23. The molecule has 0 fully saturated rings. The quantitative estimate of drug-likeness (QED) is 0.204. The Bertz CT molecular complexity index is 1270. The highest BCUT2D eigenvalue weighted by Gasteiger charge is 2.78. The van der Waals surface area contributed by atoms with Crippen LogP contribution in [0.25, 0.3) is 11.0 Å². The Morgan fingerprint density at radius 3 is 1.38 bits per heavy atom. The predicted molar refractivity (Wildman–Crippen MR) is 85.7 cm³/mol. The van der Waals surface area contributed by atoms with Crippen LogP contribution in [0.1, 0.15) is 0 Å². The van der Waals surface area contributed by atoms with Crippen LogP contribution in [0, 0.1) is 0 Å². The van der Waals surface area contributed by atoms with E-state index in [0.29, 0.717) is 12.1 Å². The highest BCUT2D eigenvalue weighted by Crippen LogP contribution is 2.49. The van der Waals surface area contributed by atoms with Crippen LogP contribution in [0.3, 0.4) is 0 Å². The maximum absolute atomic E-state index is 13.6. The molecule has 0 saturated heterocycles. The maximum Gasteiger partial charge on any atom is 0.460 e. The van der Waals surface area contributed by atoms with Gasteiger partial charge in [-0.3, -0.25) is 0 Å². The summed E-state index contributed by atoms with van der Waals surface area (Å²) in [6.45, 7) is 0. The summed E-state index contributed by atoms with van der Waals surface area (Å²) in [4.78, 5) is 34.1. The van der Waals surface area contributed by atoms with Gasteiger partial charge in [0.15, 0.2) is 11.5 Å². The highest BCUT2D eigenvalue weighted by atomic mass is 19.4. The van der Waals surface area contributed by atoms with Gasteiger partial charge in [0.1, 0.15) is 5.58 Å². The Kier molecular flexibility index (Phi) is 7.01. The zero-order valence-electron chi connectivity index (χ0n) is 16.6. The molecule has 1 aromatic carbocycles. The molecular formula is C17H4F14O6. The van der Waals surface area contributed by atoms with Crippen molar-refractivity contribution in [3.05, 3.63) is 34.7 Å². The molecule has 0 saturated carbocycles. The number of alkyl halides is 14. The molecule has 0 amide bonds. The molecule has 2 rings (SSSR count). The van der Waals surface area contributed by atoms with Gasteiger partial charge in [-0.05, 0) is 12.1 Å². The van der Waals surface area contributed by atoms with Gasteiger partial charge in [0.25, 0.3) is 0 Å². The number of ether oxygens (including phenoxy) is 2. The molecule has 0 N–H and O–H groups in total. The van der Waals surface area contributed by atoms with Crippen molar-refractivity contribution < 1.29 is 84.9 Å². The van der Waals surface area contributed by atoms with Gasteiger partial charge in [-0.15, -0.1) is 0 Å². The minimum atomic E-state index is -7.13. The zero-order valence-corrected chi connectivity index (χ0v) is 16.6. The molecule has 1 heterocycles. The van der Waals surface area contributed by atoms with Crippen molar-refractivity contribution in [3.8, 4) is 11.5 Å². The van der Waals surface area contributed by atoms with E-state index in [1.165, 1.54) is 0 Å². The second-order valence-electron chi connectivity index (χ2n) is 6.66. The molecule has 37 heavy (non-hydrogen) atoms. The summed E-state index contributed by atoms with van der Waals surface area (Å²) in [5, 5.41) is -0.625. The summed E-state index contributed by atoms with van der Waals surface area (Å²) in [6, 6.07) is 1.17. The van der Waals surface area contributed by atoms with Crippen LogP contribution < -0.4 is 15.1 Å². The van der Waals surface area contributed by atoms with Gasteiger partial charge in [0, 0.05) is 17.5 Å². The SMILES string of the molecule is O=C(Oc1cc2ccc(=O)oc2cc1OC(=O)C(F)(F)C(F)(F)C(F)(F)F)C(F)(F)C(F)(F)C(F)(F)F. The van der Waals surface area contributed by atoms with E-state index in [9.17, 15) is 75.8 Å². The number of benzene rings is 1. The number of halogens is 14. The maximum atomic E-state index is 13.6. The van der Waals surface area contributed by atoms with Crippen molar-refractivity contribution in [2.45, 2.75) is 36.0 Å². The normalized spacial score (nSPS) is 14.0. The fourth-order valence-corrected chi connectivity index (χ4v) is 2.18. The summed E-state index contributed by atoms with van der Waals surface area (Å²) in [6.07, 6.45) is -14.1. The number of fused-ring (bicyclic) bond motifs is 1. The van der Waals surface area contributed by atoms with E-state index >= 15 is 0 Å². The number of esters is 2. The van der Waals surface area contributed by atoms with E-state index in [0.717, 1.165) is 0 Å². The van der Waals surface area contributed by atoms with Gasteiger partial charge < -0.3 is 13.9 Å². The number of hydrogen-bond acceptors (Lipinski definition) is 6. The third kappa shape index (κ3) is 4.99. The molecule has 0 aliphatic heterocycles. The van der Waals surface area contributed by atoms with Crippen molar-refractivity contribution >= 4 is 22.9 Å². The van der Waals surface area contributed by atoms with Crippen LogP contribution in [0.4, 0.5) is 61.5 Å². The smallest absolute Gasteiger partial charge is 0.423 e. The van der Waals surface area contributed by atoms with Crippen molar-refractivity contribution in [1.82, 2.24) is 0 Å². The second kappa shape index (κ2) is 8.75. The highest BCUT2D eigenvalue weighted by molar-refractivity contribution is 5.88. The molecule has 206 valence electrons. The van der Waals surface area contributed by atoms with Gasteiger partial charge in [0.05, 0.1) is 0 Å². The number of hydrogen-bond donors (Lipinski definition) is 0. The fourth-order valence-electron chi connectivity index (χ4n) is 2.18. The van der Waals surface area contributed by atoms with E-state index in [4.69, 9.17) is 0 Å². The first-order chi connectivity index (χ1) is 16.4. The lowest BCUT2D eigenvalue weighted by Crippen LogP contribution is -2.57. The second-order valence-corrected chi connectivity index (χ2v) is 6.66. The van der Waals surface area contributed by atoms with Gasteiger partial charge in [-0.2, -0.15) is 61.5 Å². The molecule has 0 spiro atoms. The molecule has 0 aliphatic carbocycles. The lowest BCUT2D eigenvalue weighted by Gasteiger charge is -2.27. The Labute approximate surface area is 191 Å². The first-order valence-corrected chi connectivity index (χ1v) is 8.55. The topological polar surface area (TPSA) is 82.8 Å². The van der Waals surface area contributed by atoms with Crippen molar-refractivity contribution in [2.24, 2.45) is 0 Å². The van der Waals surface area contributed by atoms with Crippen molar-refractivity contribution in [3.63, 3.8) is 0 Å². The van der Waals surface area contributed by atoms with Gasteiger partial charge in [0.2, 0.25) is 0 Å². The molecule has 0 unspecified atom stereocenters. The third-order valence-electron chi connectivity index (χ3n) is 4.10. The molecule has 6 nitrogen and oxygen atoms in total. The number of rotatable bonds is 6. The standard InChI is InChI=1S/C17H4F14O6/c18-12(19,14(22,23)16(26,27)28)10(33)36-7-3-5-1-2-9(32)35-6(5)4-8(7)37-11(34)13(20,21)15(24,25)17(29,30)31/h1-4H. The molecule has 0 atom stereocenters. The summed E-state index contributed by atoms with van der Waals surface area (Å²) >= 11 is 0. The van der Waals surface area contributed by atoms with E-state index in [2.05, 4.69) is 13.9 Å². The van der Waals surface area contributed by atoms with Crippen molar-refractivity contribution in [2.75, 3.05) is 0 Å². The minimum absolute atomic E-state index is 0.0562. The molecular weight excluding hydrogens is 566 g/mol. The van der Waals surface area contributed by atoms with Gasteiger partial charge >= 0.3 is 53.6 Å². The Morgan fingerprint density at radius 2 is 1.00 bits per heavy atom. The third-order valence-corrected chi connectivity index (χ3v) is 4.10. The van der Waals surface area contributed by atoms with E-state index in [1.807, 2.05) is 0 Å². The molecule has 2 aromatic rings. The lowest BCUT2D eigenvalue weighted by atomic mass is 10.1. The number of carbonyl (C=O) groups excluding carboxylic acids is 2. The number of carbonyl (C=O) groups is 2. The molecule has 20 heteroatoms.